The lowest BCUT2D eigenvalue weighted by Gasteiger charge is -2.35. The van der Waals surface area contributed by atoms with Crippen LogP contribution < -0.4 is 9.47 Å². The standard InChI is InChI=1S/C22H30O7/c1-5-6-7-8-18-12-19(26-14(2)23)13-21(29-18)17-9-10-20(27-15(3)24)22(11-17)28-16(4)25/h9-11,18-19,21H,5-8,12-13H2,1-4H3/t18-,19+,21-/m0/s1. The molecule has 3 atom stereocenters. The van der Waals surface area contributed by atoms with Crippen molar-refractivity contribution < 1.29 is 33.3 Å². The van der Waals surface area contributed by atoms with Crippen LogP contribution in [0.4, 0.5) is 0 Å². The molecule has 0 radical (unpaired) electrons. The lowest BCUT2D eigenvalue weighted by Crippen LogP contribution is -2.34. The highest BCUT2D eigenvalue weighted by Gasteiger charge is 2.32. The first-order valence-electron chi connectivity index (χ1n) is 10.1. The molecule has 0 bridgehead atoms. The maximum atomic E-state index is 11.5. The summed E-state index contributed by atoms with van der Waals surface area (Å²) in [6.07, 6.45) is 4.79. The number of carbonyl (C=O) groups excluding carboxylic acids is 3. The number of carbonyl (C=O) groups is 3. The van der Waals surface area contributed by atoms with Crippen molar-refractivity contribution in [3.8, 4) is 11.5 Å². The third-order valence-corrected chi connectivity index (χ3v) is 4.67. The van der Waals surface area contributed by atoms with E-state index in [0.29, 0.717) is 12.8 Å². The van der Waals surface area contributed by atoms with E-state index in [9.17, 15) is 14.4 Å². The Morgan fingerprint density at radius 1 is 0.966 bits per heavy atom. The molecule has 0 aromatic heterocycles. The van der Waals surface area contributed by atoms with Crippen LogP contribution in [-0.4, -0.2) is 30.1 Å². The topological polar surface area (TPSA) is 88.1 Å². The van der Waals surface area contributed by atoms with Crippen molar-refractivity contribution in [3.63, 3.8) is 0 Å². The van der Waals surface area contributed by atoms with Crippen molar-refractivity contribution >= 4 is 17.9 Å². The van der Waals surface area contributed by atoms with E-state index in [2.05, 4.69) is 6.92 Å². The Labute approximate surface area is 171 Å². The molecule has 0 unspecified atom stereocenters. The van der Waals surface area contributed by atoms with Gasteiger partial charge in [-0.15, -0.1) is 0 Å². The van der Waals surface area contributed by atoms with Gasteiger partial charge in [0, 0.05) is 33.6 Å². The zero-order chi connectivity index (χ0) is 21.4. The smallest absolute Gasteiger partial charge is 0.308 e. The summed E-state index contributed by atoms with van der Waals surface area (Å²) in [5.74, 6) is -1.01. The Hall–Kier alpha value is -2.41. The number of ether oxygens (including phenoxy) is 4. The fraction of sp³-hybridized carbons (Fsp3) is 0.591. The van der Waals surface area contributed by atoms with E-state index in [1.54, 1.807) is 18.2 Å². The van der Waals surface area contributed by atoms with Crippen molar-refractivity contribution in [1.29, 1.82) is 0 Å². The van der Waals surface area contributed by atoms with E-state index in [4.69, 9.17) is 18.9 Å². The van der Waals surface area contributed by atoms with Gasteiger partial charge in [-0.1, -0.05) is 32.3 Å². The van der Waals surface area contributed by atoms with Gasteiger partial charge in [-0.3, -0.25) is 14.4 Å². The molecule has 0 aliphatic carbocycles. The SMILES string of the molecule is CCCCC[C@H]1C[C@@H](OC(C)=O)C[C@@H](c2ccc(OC(C)=O)c(OC(C)=O)c2)O1. The predicted octanol–water partition coefficient (Wildman–Crippen LogP) is 4.27. The van der Waals surface area contributed by atoms with Crippen LogP contribution in [0.1, 0.15) is 77.9 Å². The van der Waals surface area contributed by atoms with Crippen LogP contribution in [0, 0.1) is 0 Å². The van der Waals surface area contributed by atoms with Crippen molar-refractivity contribution in [3.05, 3.63) is 23.8 Å². The maximum absolute atomic E-state index is 11.5. The van der Waals surface area contributed by atoms with Crippen LogP contribution in [0.2, 0.25) is 0 Å². The molecule has 0 saturated carbocycles. The second-order valence-corrected chi connectivity index (χ2v) is 7.34. The van der Waals surface area contributed by atoms with E-state index in [-0.39, 0.29) is 35.8 Å². The summed E-state index contributed by atoms with van der Waals surface area (Å²) < 4.78 is 22.1. The zero-order valence-corrected chi connectivity index (χ0v) is 17.6. The van der Waals surface area contributed by atoms with Crippen molar-refractivity contribution in [2.24, 2.45) is 0 Å². The summed E-state index contributed by atoms with van der Waals surface area (Å²) in [6, 6.07) is 5.00. The molecule has 0 amide bonds. The number of rotatable bonds is 8. The fourth-order valence-electron chi connectivity index (χ4n) is 3.52. The minimum atomic E-state index is -0.518. The second kappa shape index (κ2) is 11.0. The number of esters is 3. The van der Waals surface area contributed by atoms with E-state index >= 15 is 0 Å². The molecule has 1 aliphatic rings. The summed E-state index contributed by atoms with van der Waals surface area (Å²) in [6.45, 7) is 6.11. The molecule has 160 valence electrons. The average Bonchev–Trinajstić information content (AvgIpc) is 2.62. The summed E-state index contributed by atoms with van der Waals surface area (Å²) in [4.78, 5) is 34.3. The molecule has 1 aromatic rings. The lowest BCUT2D eigenvalue weighted by atomic mass is 9.93. The van der Waals surface area contributed by atoms with Crippen LogP contribution >= 0.6 is 0 Å². The van der Waals surface area contributed by atoms with Gasteiger partial charge in [-0.05, 0) is 24.1 Å². The normalized spacial score (nSPS) is 21.3. The van der Waals surface area contributed by atoms with Crippen molar-refractivity contribution in [1.82, 2.24) is 0 Å². The molecule has 1 aromatic carbocycles. The summed E-state index contributed by atoms with van der Waals surface area (Å²) in [7, 11) is 0. The molecule has 1 heterocycles. The average molecular weight is 406 g/mol. The molecular weight excluding hydrogens is 376 g/mol. The number of hydrogen-bond donors (Lipinski definition) is 0. The van der Waals surface area contributed by atoms with E-state index < -0.39 is 11.9 Å². The Morgan fingerprint density at radius 2 is 1.66 bits per heavy atom. The lowest BCUT2D eigenvalue weighted by molar-refractivity contribution is -0.160. The number of unbranched alkanes of at least 4 members (excludes halogenated alkanes) is 2. The van der Waals surface area contributed by atoms with Crippen molar-refractivity contribution in [2.45, 2.75) is 84.5 Å². The Morgan fingerprint density at radius 3 is 2.28 bits per heavy atom. The van der Waals surface area contributed by atoms with Crippen LogP contribution in [-0.2, 0) is 23.9 Å². The largest absolute Gasteiger partial charge is 0.462 e. The first-order chi connectivity index (χ1) is 13.8. The molecule has 29 heavy (non-hydrogen) atoms. The molecule has 0 N–H and O–H groups in total. The molecule has 0 spiro atoms. The van der Waals surface area contributed by atoms with Gasteiger partial charge in [0.2, 0.25) is 0 Å². The molecule has 7 heteroatoms. The summed E-state index contributed by atoms with van der Waals surface area (Å²) in [5.41, 5.74) is 0.773. The van der Waals surface area contributed by atoms with Gasteiger partial charge in [0.1, 0.15) is 6.10 Å². The Balaban J connectivity index is 2.24. The van der Waals surface area contributed by atoms with E-state index in [1.165, 1.54) is 20.8 Å². The van der Waals surface area contributed by atoms with Gasteiger partial charge < -0.3 is 18.9 Å². The second-order valence-electron chi connectivity index (χ2n) is 7.34. The van der Waals surface area contributed by atoms with Crippen LogP contribution in [0.15, 0.2) is 18.2 Å². The minimum Gasteiger partial charge on any atom is -0.462 e. The molecule has 1 fully saturated rings. The van der Waals surface area contributed by atoms with Gasteiger partial charge in [0.25, 0.3) is 0 Å². The van der Waals surface area contributed by atoms with Crippen LogP contribution in [0.25, 0.3) is 0 Å². The number of benzene rings is 1. The molecule has 1 saturated heterocycles. The highest BCUT2D eigenvalue weighted by Crippen LogP contribution is 2.38. The van der Waals surface area contributed by atoms with E-state index in [1.807, 2.05) is 0 Å². The van der Waals surface area contributed by atoms with E-state index in [0.717, 1.165) is 31.2 Å². The van der Waals surface area contributed by atoms with Gasteiger partial charge in [-0.2, -0.15) is 0 Å². The minimum absolute atomic E-state index is 0.0185. The van der Waals surface area contributed by atoms with Crippen LogP contribution in [0.5, 0.6) is 11.5 Å². The van der Waals surface area contributed by atoms with Gasteiger partial charge in [0.15, 0.2) is 11.5 Å². The molecule has 2 rings (SSSR count). The highest BCUT2D eigenvalue weighted by molar-refractivity contribution is 5.73. The summed E-state index contributed by atoms with van der Waals surface area (Å²) >= 11 is 0. The summed E-state index contributed by atoms with van der Waals surface area (Å²) in [5, 5.41) is 0. The molecule has 7 nitrogen and oxygen atoms in total. The fourth-order valence-corrected chi connectivity index (χ4v) is 3.52. The van der Waals surface area contributed by atoms with Gasteiger partial charge in [0.05, 0.1) is 12.2 Å². The quantitative estimate of drug-likeness (QED) is 0.362. The third-order valence-electron chi connectivity index (χ3n) is 4.67. The van der Waals surface area contributed by atoms with Crippen molar-refractivity contribution in [2.75, 3.05) is 0 Å². The Bertz CT molecular complexity index is 728. The van der Waals surface area contributed by atoms with Crippen LogP contribution in [0.3, 0.4) is 0 Å². The monoisotopic (exact) mass is 406 g/mol. The number of hydrogen-bond acceptors (Lipinski definition) is 7. The zero-order valence-electron chi connectivity index (χ0n) is 17.6. The maximum Gasteiger partial charge on any atom is 0.308 e. The molecule has 1 aliphatic heterocycles. The third kappa shape index (κ3) is 7.49. The Kier molecular flexibility index (Phi) is 8.64. The molecular formula is C22H30O7. The first-order valence-corrected chi connectivity index (χ1v) is 10.1. The predicted molar refractivity (Wildman–Crippen MR) is 106 cm³/mol. The highest BCUT2D eigenvalue weighted by atomic mass is 16.6. The first kappa shape index (κ1) is 22.9. The van der Waals surface area contributed by atoms with Gasteiger partial charge in [-0.25, -0.2) is 0 Å². The van der Waals surface area contributed by atoms with Gasteiger partial charge >= 0.3 is 17.9 Å².